The number of pyridine rings is 1. The van der Waals surface area contributed by atoms with Gasteiger partial charge in [0.25, 0.3) is 0 Å². The van der Waals surface area contributed by atoms with Crippen molar-refractivity contribution in [2.45, 2.75) is 44.3 Å². The third kappa shape index (κ3) is 7.49. The van der Waals surface area contributed by atoms with Crippen molar-refractivity contribution in [1.29, 1.82) is 0 Å². The predicted molar refractivity (Wildman–Crippen MR) is 198 cm³/mol. The zero-order valence-corrected chi connectivity index (χ0v) is 29.3. The maximum atomic E-state index is 11.5. The molecule has 5 heterocycles. The summed E-state index contributed by atoms with van der Waals surface area (Å²) in [5.41, 5.74) is 7.00. The normalized spacial score (nSPS) is 19.8. The third-order valence-corrected chi connectivity index (χ3v) is 10.2. The molecule has 258 valence electrons. The van der Waals surface area contributed by atoms with Gasteiger partial charge in [0, 0.05) is 97.9 Å². The van der Waals surface area contributed by atoms with E-state index in [1.165, 1.54) is 5.57 Å². The van der Waals surface area contributed by atoms with Gasteiger partial charge in [0.05, 0.1) is 22.8 Å². The summed E-state index contributed by atoms with van der Waals surface area (Å²) in [7, 11) is 1.61. The van der Waals surface area contributed by atoms with E-state index in [0.717, 1.165) is 65.2 Å². The van der Waals surface area contributed by atoms with Crippen LogP contribution in [0.2, 0.25) is 10.0 Å². The van der Waals surface area contributed by atoms with Crippen LogP contribution in [0.5, 0.6) is 5.88 Å². The second kappa shape index (κ2) is 15.2. The number of benzene rings is 2. The Balaban J connectivity index is 1.06. The summed E-state index contributed by atoms with van der Waals surface area (Å²) in [6.45, 7) is 3.44. The molecule has 4 aliphatic rings. The monoisotopic (exact) mass is 711 g/mol. The largest absolute Gasteiger partial charge is 0.481 e. The van der Waals surface area contributed by atoms with Crippen molar-refractivity contribution >= 4 is 46.4 Å². The molecule has 0 unspecified atom stereocenters. The molecular weight excluding hydrogens is 673 g/mol. The van der Waals surface area contributed by atoms with Crippen LogP contribution in [-0.4, -0.2) is 72.9 Å². The Hall–Kier alpha value is -4.48. The molecule has 2 atom stereocenters. The molecule has 2 aromatic carbocycles. The summed E-state index contributed by atoms with van der Waals surface area (Å²) in [4.78, 5) is 34.6. The highest BCUT2D eigenvalue weighted by atomic mass is 35.5. The maximum Gasteiger partial charge on any atom is 0.220 e. The van der Waals surface area contributed by atoms with Crippen LogP contribution >= 0.6 is 23.2 Å². The minimum Gasteiger partial charge on any atom is -0.481 e. The highest BCUT2D eigenvalue weighted by molar-refractivity contribution is 6.39. The molecule has 7 rings (SSSR count). The molecule has 50 heavy (non-hydrogen) atoms. The number of carbonyl (C=O) groups excluding carboxylic acids is 2. The van der Waals surface area contributed by atoms with Crippen LogP contribution in [0.1, 0.15) is 36.8 Å². The molecule has 3 aromatic rings. The van der Waals surface area contributed by atoms with Gasteiger partial charge >= 0.3 is 0 Å². The summed E-state index contributed by atoms with van der Waals surface area (Å²) >= 11 is 14.2. The smallest absolute Gasteiger partial charge is 0.220 e. The standard InChI is InChI=1S/C38H39Cl2N7O3/c1-50-38-25(19-42-21-27-10-13-35(49)45-27)8-11-32(46-38)31-7-3-6-30(37(31)40)29-5-2-4-28(36(29)39)24-14-15-47-22-23(18-43-33(47)16-24)17-41-20-26-9-12-34(48)44-26/h2-8,11,14-16,18,26-27,41-42H,9-10,12-13,17,19-22H2,1H3,(H,44,48)(H,45,49)/t26-,27-/m0/s1. The molecule has 0 spiro atoms. The van der Waals surface area contributed by atoms with Crippen LogP contribution in [0.15, 0.2) is 83.6 Å². The molecule has 4 N–H and O–H groups in total. The number of amidine groups is 1. The number of allylic oxidation sites excluding steroid dienone is 2. The Kier molecular flexibility index (Phi) is 10.3. The molecule has 2 fully saturated rings. The highest BCUT2D eigenvalue weighted by Gasteiger charge is 2.24. The van der Waals surface area contributed by atoms with Crippen LogP contribution < -0.4 is 26.0 Å². The van der Waals surface area contributed by atoms with Gasteiger partial charge < -0.3 is 30.9 Å². The van der Waals surface area contributed by atoms with Crippen molar-refractivity contribution in [3.63, 3.8) is 0 Å². The first-order valence-corrected chi connectivity index (χ1v) is 17.7. The van der Waals surface area contributed by atoms with E-state index in [0.29, 0.717) is 54.1 Å². The second-order valence-corrected chi connectivity index (χ2v) is 13.6. The van der Waals surface area contributed by atoms with Crippen LogP contribution in [0, 0.1) is 0 Å². The lowest BCUT2D eigenvalue weighted by molar-refractivity contribution is -0.120. The molecular formula is C38H39Cl2N7O3. The summed E-state index contributed by atoms with van der Waals surface area (Å²) in [6.07, 6.45) is 11.0. The minimum absolute atomic E-state index is 0.103. The van der Waals surface area contributed by atoms with E-state index in [1.807, 2.05) is 67.0 Å². The van der Waals surface area contributed by atoms with E-state index in [1.54, 1.807) is 7.11 Å². The number of hydrogen-bond acceptors (Lipinski definition) is 8. The van der Waals surface area contributed by atoms with Crippen LogP contribution in [0.4, 0.5) is 0 Å². The molecule has 0 saturated carbocycles. The number of halogens is 2. The van der Waals surface area contributed by atoms with E-state index in [-0.39, 0.29) is 23.9 Å². The van der Waals surface area contributed by atoms with E-state index >= 15 is 0 Å². The molecule has 10 nitrogen and oxygen atoms in total. The molecule has 2 saturated heterocycles. The van der Waals surface area contributed by atoms with E-state index in [2.05, 4.69) is 32.2 Å². The average molecular weight is 713 g/mol. The minimum atomic E-state index is 0.103. The Labute approximate surface area is 301 Å². The zero-order valence-electron chi connectivity index (χ0n) is 27.8. The first-order valence-electron chi connectivity index (χ1n) is 16.9. The number of hydrogen-bond donors (Lipinski definition) is 4. The highest BCUT2D eigenvalue weighted by Crippen LogP contribution is 2.42. The van der Waals surface area contributed by atoms with Crippen LogP contribution in [-0.2, 0) is 16.1 Å². The van der Waals surface area contributed by atoms with Gasteiger partial charge in [0.2, 0.25) is 17.7 Å². The van der Waals surface area contributed by atoms with Crippen LogP contribution in [0.25, 0.3) is 28.0 Å². The van der Waals surface area contributed by atoms with Crippen molar-refractivity contribution in [1.82, 2.24) is 31.2 Å². The molecule has 0 aliphatic carbocycles. The molecule has 0 radical (unpaired) electrons. The Morgan fingerprint density at radius 2 is 1.50 bits per heavy atom. The van der Waals surface area contributed by atoms with Gasteiger partial charge in [0.1, 0.15) is 5.84 Å². The Bertz CT molecular complexity index is 1940. The molecule has 2 amide bonds. The SMILES string of the molecule is COc1nc(-c2cccc(-c3cccc(C4=CC5=NC=C(CNC[C@@H]6CCC(=O)N6)CN5C=C4)c3Cl)c2Cl)ccc1CNC[C@@H]1CCC(=O)N1. The van der Waals surface area contributed by atoms with Crippen molar-refractivity contribution in [2.75, 3.05) is 33.3 Å². The van der Waals surface area contributed by atoms with E-state index in [4.69, 9.17) is 37.9 Å². The number of nitrogens with one attached hydrogen (secondary N) is 4. The lowest BCUT2D eigenvalue weighted by Gasteiger charge is -2.28. The number of nitrogens with zero attached hydrogens (tertiary/aromatic N) is 3. The molecule has 12 heteroatoms. The van der Waals surface area contributed by atoms with Crippen molar-refractivity contribution < 1.29 is 14.3 Å². The van der Waals surface area contributed by atoms with Gasteiger partial charge in [-0.3, -0.25) is 9.59 Å². The topological polar surface area (TPSA) is 120 Å². The first kappa shape index (κ1) is 34.0. The second-order valence-electron chi connectivity index (χ2n) is 12.9. The van der Waals surface area contributed by atoms with Gasteiger partial charge in [-0.05, 0) is 42.2 Å². The lowest BCUT2D eigenvalue weighted by atomic mass is 9.95. The maximum absolute atomic E-state index is 11.5. The number of methoxy groups -OCH3 is 1. The fraction of sp³-hybridized carbons (Fsp3) is 0.316. The van der Waals surface area contributed by atoms with Gasteiger partial charge in [0.15, 0.2) is 0 Å². The quantitative estimate of drug-likeness (QED) is 0.197. The summed E-state index contributed by atoms with van der Waals surface area (Å²) in [5, 5.41) is 14.0. The summed E-state index contributed by atoms with van der Waals surface area (Å²) in [5.74, 6) is 1.59. The predicted octanol–water partition coefficient (Wildman–Crippen LogP) is 5.48. The number of rotatable bonds is 12. The van der Waals surface area contributed by atoms with Gasteiger partial charge in [-0.15, -0.1) is 0 Å². The van der Waals surface area contributed by atoms with Gasteiger partial charge in [-0.2, -0.15) is 0 Å². The Morgan fingerprint density at radius 1 is 0.860 bits per heavy atom. The molecule has 4 aliphatic heterocycles. The van der Waals surface area contributed by atoms with Gasteiger partial charge in [-0.1, -0.05) is 65.7 Å². The number of aliphatic imine (C=N–C) groups is 1. The molecule has 0 bridgehead atoms. The van der Waals surface area contributed by atoms with Crippen molar-refractivity contribution in [2.24, 2.45) is 4.99 Å². The number of amides is 2. The number of ether oxygens (including phenoxy) is 1. The van der Waals surface area contributed by atoms with E-state index in [9.17, 15) is 9.59 Å². The Morgan fingerprint density at radius 3 is 2.16 bits per heavy atom. The number of aromatic nitrogens is 1. The number of carbonyl (C=O) groups is 2. The summed E-state index contributed by atoms with van der Waals surface area (Å²) in [6, 6.07) is 16.1. The third-order valence-electron chi connectivity index (χ3n) is 9.39. The summed E-state index contributed by atoms with van der Waals surface area (Å²) < 4.78 is 5.66. The first-order chi connectivity index (χ1) is 24.4. The average Bonchev–Trinajstić information content (AvgIpc) is 3.75. The van der Waals surface area contributed by atoms with Gasteiger partial charge in [-0.25, -0.2) is 9.98 Å². The van der Waals surface area contributed by atoms with E-state index < -0.39 is 0 Å². The van der Waals surface area contributed by atoms with Crippen molar-refractivity contribution in [3.8, 4) is 28.3 Å². The van der Waals surface area contributed by atoms with Crippen LogP contribution in [0.3, 0.4) is 0 Å². The fourth-order valence-corrected chi connectivity index (χ4v) is 7.39. The lowest BCUT2D eigenvalue weighted by Crippen LogP contribution is -2.38. The number of fused-ring (bicyclic) bond motifs is 1. The van der Waals surface area contributed by atoms with Crippen molar-refractivity contribution in [3.05, 3.63) is 99.8 Å². The zero-order chi connectivity index (χ0) is 34.6. The fourth-order valence-electron chi connectivity index (χ4n) is 6.73. The molecule has 1 aromatic heterocycles.